The lowest BCUT2D eigenvalue weighted by Crippen LogP contribution is -2.28. The van der Waals surface area contributed by atoms with Crippen LogP contribution in [0, 0.1) is 0 Å². The number of halogens is 2. The van der Waals surface area contributed by atoms with Crippen molar-refractivity contribution < 1.29 is 9.59 Å². The number of guanidine groups is 1. The number of hydrogen-bond donors (Lipinski definition) is 2. The van der Waals surface area contributed by atoms with E-state index in [-0.39, 0.29) is 23.8 Å². The van der Waals surface area contributed by atoms with Crippen LogP contribution in [-0.2, 0) is 4.79 Å². The average Bonchev–Trinajstić information content (AvgIpc) is 3.32. The lowest BCUT2D eigenvalue weighted by atomic mass is 10.1. The molecule has 25 heavy (non-hydrogen) atoms. The summed E-state index contributed by atoms with van der Waals surface area (Å²) in [4.78, 5) is 27.1. The molecule has 1 saturated carbocycles. The van der Waals surface area contributed by atoms with E-state index in [4.69, 9.17) is 34.7 Å². The van der Waals surface area contributed by atoms with Crippen LogP contribution in [-0.4, -0.2) is 28.7 Å². The van der Waals surface area contributed by atoms with E-state index in [0.717, 1.165) is 18.4 Å². The minimum atomic E-state index is -0.375. The number of nitrogens with zero attached hydrogens (tertiary/aromatic N) is 2. The molecule has 1 heterocycles. The van der Waals surface area contributed by atoms with Gasteiger partial charge in [0.2, 0.25) is 5.91 Å². The van der Waals surface area contributed by atoms with Gasteiger partial charge in [-0.2, -0.15) is 4.99 Å². The van der Waals surface area contributed by atoms with Crippen molar-refractivity contribution >= 4 is 41.0 Å². The number of hydrogen-bond acceptors (Lipinski definition) is 2. The van der Waals surface area contributed by atoms with Gasteiger partial charge in [-0.05, 0) is 37.5 Å². The molecule has 0 spiro atoms. The largest absolute Gasteiger partial charge is 0.370 e. The van der Waals surface area contributed by atoms with Crippen molar-refractivity contribution in [3.8, 4) is 0 Å². The van der Waals surface area contributed by atoms with Gasteiger partial charge >= 0.3 is 0 Å². The van der Waals surface area contributed by atoms with Gasteiger partial charge in [0, 0.05) is 18.5 Å². The Labute approximate surface area is 158 Å². The van der Waals surface area contributed by atoms with Crippen LogP contribution < -0.4 is 11.5 Å². The second-order valence-corrected chi connectivity index (χ2v) is 6.34. The second kappa shape index (κ2) is 9.06. The Hall–Kier alpha value is -1.79. The molecule has 0 radical (unpaired) electrons. The molecule has 1 aromatic rings. The number of benzene rings is 1. The van der Waals surface area contributed by atoms with E-state index in [1.54, 1.807) is 6.07 Å². The summed E-state index contributed by atoms with van der Waals surface area (Å²) < 4.78 is 0. The summed E-state index contributed by atoms with van der Waals surface area (Å²) in [6.45, 7) is 7.33. The molecule has 1 fully saturated rings. The molecule has 1 aliphatic carbocycles. The first-order valence-electron chi connectivity index (χ1n) is 8.14. The predicted molar refractivity (Wildman–Crippen MR) is 102 cm³/mol. The molecule has 4 N–H and O–H groups in total. The molecule has 8 heteroatoms. The van der Waals surface area contributed by atoms with Crippen LogP contribution in [0.15, 0.2) is 17.1 Å². The molecular formula is C17H24Cl2N4O2. The number of aliphatic imine (C=N–C) groups is 1. The van der Waals surface area contributed by atoms with E-state index < -0.39 is 0 Å². The van der Waals surface area contributed by atoms with Gasteiger partial charge in [-0.1, -0.05) is 37.0 Å². The van der Waals surface area contributed by atoms with Gasteiger partial charge in [-0.3, -0.25) is 9.59 Å². The van der Waals surface area contributed by atoms with E-state index in [0.29, 0.717) is 21.7 Å². The lowest BCUT2D eigenvalue weighted by molar-refractivity contribution is -0.115. The van der Waals surface area contributed by atoms with Crippen LogP contribution in [0.1, 0.15) is 62.5 Å². The van der Waals surface area contributed by atoms with E-state index >= 15 is 0 Å². The van der Waals surface area contributed by atoms with Gasteiger partial charge in [0.25, 0.3) is 5.91 Å². The molecule has 1 aromatic carbocycles. The second-order valence-electron chi connectivity index (χ2n) is 5.53. The number of rotatable bonds is 1. The van der Waals surface area contributed by atoms with Gasteiger partial charge in [0.05, 0.1) is 16.1 Å². The average molecular weight is 387 g/mol. The van der Waals surface area contributed by atoms with Gasteiger partial charge < -0.3 is 16.4 Å². The Morgan fingerprint density at radius 3 is 2.12 bits per heavy atom. The first kappa shape index (κ1) is 21.3. The fraction of sp³-hybridized carbons (Fsp3) is 0.471. The van der Waals surface area contributed by atoms with Crippen molar-refractivity contribution in [2.24, 2.45) is 16.5 Å². The van der Waals surface area contributed by atoms with Crippen LogP contribution in [0.4, 0.5) is 0 Å². The Morgan fingerprint density at radius 1 is 1.20 bits per heavy atom. The van der Waals surface area contributed by atoms with Gasteiger partial charge in [0.15, 0.2) is 5.96 Å². The summed E-state index contributed by atoms with van der Waals surface area (Å²) in [6.07, 6.45) is 2.23. The monoisotopic (exact) mass is 386 g/mol. The highest BCUT2D eigenvalue weighted by atomic mass is 35.5. The lowest BCUT2D eigenvalue weighted by Gasteiger charge is -2.21. The van der Waals surface area contributed by atoms with Crippen molar-refractivity contribution in [1.29, 1.82) is 0 Å². The van der Waals surface area contributed by atoms with E-state index in [1.807, 2.05) is 31.7 Å². The molecule has 1 aliphatic heterocycles. The highest BCUT2D eigenvalue weighted by molar-refractivity contribution is 6.42. The zero-order chi connectivity index (χ0) is 19.3. The van der Waals surface area contributed by atoms with Crippen LogP contribution in [0.25, 0.3) is 0 Å². The maximum atomic E-state index is 12.2. The van der Waals surface area contributed by atoms with Gasteiger partial charge in [-0.15, -0.1) is 0 Å². The van der Waals surface area contributed by atoms with Crippen LogP contribution >= 0.6 is 23.2 Å². The third kappa shape index (κ3) is 5.34. The highest BCUT2D eigenvalue weighted by Gasteiger charge is 2.42. The molecule has 0 saturated heterocycles. The molecule has 138 valence electrons. The summed E-state index contributed by atoms with van der Waals surface area (Å²) >= 11 is 11.9. The fourth-order valence-electron chi connectivity index (χ4n) is 2.57. The fourth-order valence-corrected chi connectivity index (χ4v) is 2.91. The zero-order valence-corrected chi connectivity index (χ0v) is 16.4. The molecule has 2 aliphatic rings. The number of carbonyl (C=O) groups is 2. The van der Waals surface area contributed by atoms with Crippen molar-refractivity contribution in [3.63, 3.8) is 0 Å². The smallest absolute Gasteiger partial charge is 0.255 e. The standard InChI is InChI=1S/C12H11Cl2NO.C3H7N3O.C2H6/c1-6-8-4-10(13)11(14)5-9(8)12(16)15(6)7-2-3-7;1-2(7)6-3(4)5;1-2/h4-7H,2-3H2,1H3;1H3,(H4,4,5,6,7);1-2H3. The molecule has 0 aromatic heterocycles. The van der Waals surface area contributed by atoms with Crippen molar-refractivity contribution in [2.75, 3.05) is 0 Å². The van der Waals surface area contributed by atoms with E-state index in [9.17, 15) is 9.59 Å². The Bertz CT molecular complexity index is 683. The van der Waals surface area contributed by atoms with Crippen LogP contribution in [0.5, 0.6) is 0 Å². The minimum absolute atomic E-state index is 0.101. The first-order valence-corrected chi connectivity index (χ1v) is 8.89. The van der Waals surface area contributed by atoms with Crippen LogP contribution in [0.2, 0.25) is 10.0 Å². The molecule has 3 rings (SSSR count). The van der Waals surface area contributed by atoms with Gasteiger partial charge in [0.1, 0.15) is 0 Å². The Balaban J connectivity index is 0.000000297. The summed E-state index contributed by atoms with van der Waals surface area (Å²) in [7, 11) is 0. The maximum Gasteiger partial charge on any atom is 0.255 e. The number of fused-ring (bicyclic) bond motifs is 1. The first-order chi connectivity index (χ1) is 11.7. The number of nitrogens with two attached hydrogens (primary N) is 2. The molecule has 0 bridgehead atoms. The highest BCUT2D eigenvalue weighted by Crippen LogP contribution is 2.43. The Kier molecular flexibility index (Phi) is 7.70. The topological polar surface area (TPSA) is 102 Å². The van der Waals surface area contributed by atoms with Crippen molar-refractivity contribution in [1.82, 2.24) is 4.90 Å². The normalized spacial score (nSPS) is 17.6. The van der Waals surface area contributed by atoms with E-state index in [1.165, 1.54) is 6.92 Å². The zero-order valence-electron chi connectivity index (χ0n) is 14.8. The number of amides is 2. The van der Waals surface area contributed by atoms with E-state index in [2.05, 4.69) is 4.99 Å². The summed E-state index contributed by atoms with van der Waals surface area (Å²) in [6, 6.07) is 4.07. The third-order valence-electron chi connectivity index (χ3n) is 3.65. The summed E-state index contributed by atoms with van der Waals surface area (Å²) in [5.41, 5.74) is 11.3. The summed E-state index contributed by atoms with van der Waals surface area (Å²) in [5.74, 6) is -0.462. The molecule has 1 unspecified atom stereocenters. The quantitative estimate of drug-likeness (QED) is 0.569. The van der Waals surface area contributed by atoms with Crippen molar-refractivity contribution in [3.05, 3.63) is 33.3 Å². The molecular weight excluding hydrogens is 363 g/mol. The van der Waals surface area contributed by atoms with Crippen LogP contribution in [0.3, 0.4) is 0 Å². The van der Waals surface area contributed by atoms with Crippen molar-refractivity contribution in [2.45, 2.75) is 52.6 Å². The Morgan fingerprint density at radius 2 is 1.72 bits per heavy atom. The predicted octanol–water partition coefficient (Wildman–Crippen LogP) is 3.51. The SMILES string of the molecule is CC.CC(=O)N=C(N)N.CC1c2cc(Cl)c(Cl)cc2C(=O)N1C1CC1. The number of carbonyl (C=O) groups excluding carboxylic acids is 2. The molecule has 2 amide bonds. The minimum Gasteiger partial charge on any atom is -0.370 e. The molecule has 6 nitrogen and oxygen atoms in total. The summed E-state index contributed by atoms with van der Waals surface area (Å²) in [5, 5.41) is 0.983. The molecule has 1 atom stereocenters. The van der Waals surface area contributed by atoms with Gasteiger partial charge in [-0.25, -0.2) is 0 Å². The third-order valence-corrected chi connectivity index (χ3v) is 4.37. The maximum absolute atomic E-state index is 12.2.